The molecule has 16 heteroatoms. The van der Waals surface area contributed by atoms with Gasteiger partial charge in [0.1, 0.15) is 29.8 Å². The van der Waals surface area contributed by atoms with Crippen molar-refractivity contribution in [2.45, 2.75) is 58.7 Å². The van der Waals surface area contributed by atoms with Crippen LogP contribution in [0.2, 0.25) is 5.02 Å². The van der Waals surface area contributed by atoms with E-state index < -0.39 is 52.6 Å². The molecule has 5 amide bonds. The zero-order valence-electron chi connectivity index (χ0n) is 34.4. The van der Waals surface area contributed by atoms with Crippen LogP contribution < -0.4 is 20.3 Å². The first-order chi connectivity index (χ1) is 28.6. The normalized spacial score (nSPS) is 24.3. The number of nitrogens with zero attached hydrogens (tertiary/aromatic N) is 8. The Hall–Kier alpha value is -5.56. The Kier molecular flexibility index (Phi) is 10.8. The first-order valence-electron chi connectivity index (χ1n) is 20.5. The third kappa shape index (κ3) is 7.24. The van der Waals surface area contributed by atoms with Crippen molar-refractivity contribution in [2.75, 3.05) is 75.2 Å². The van der Waals surface area contributed by atoms with Crippen molar-refractivity contribution in [3.05, 3.63) is 82.0 Å². The number of piperazine rings is 2. The number of imide groups is 2. The van der Waals surface area contributed by atoms with Gasteiger partial charge in [0, 0.05) is 101 Å². The molecule has 8 rings (SSSR count). The summed E-state index contributed by atoms with van der Waals surface area (Å²) in [6.45, 7) is 16.4. The average Bonchev–Trinajstić information content (AvgIpc) is 3.48. The fourth-order valence-electron chi connectivity index (χ4n) is 10.3. The summed E-state index contributed by atoms with van der Waals surface area (Å²) in [5.74, 6) is -1.11. The van der Waals surface area contributed by atoms with E-state index in [0.29, 0.717) is 16.9 Å². The number of hydrogen-bond donors (Lipinski definition) is 1. The molecule has 5 aliphatic rings. The van der Waals surface area contributed by atoms with Gasteiger partial charge in [-0.1, -0.05) is 39.3 Å². The predicted octanol–water partition coefficient (Wildman–Crippen LogP) is 3.65. The van der Waals surface area contributed by atoms with E-state index in [9.17, 15) is 29.2 Å². The molecule has 0 radical (unpaired) electrons. The number of primary amides is 1. The van der Waals surface area contributed by atoms with Gasteiger partial charge in [0.25, 0.3) is 17.7 Å². The molecule has 4 fully saturated rings. The van der Waals surface area contributed by atoms with Crippen LogP contribution in [0.3, 0.4) is 0 Å². The highest BCUT2D eigenvalue weighted by Crippen LogP contribution is 2.58. The number of nitrogens with two attached hydrogens (primary N) is 1. The minimum Gasteiger partial charge on any atom is -0.489 e. The number of carbonyl (C=O) groups excluding carboxylic acids is 5. The number of pyridine rings is 1. The highest BCUT2D eigenvalue weighted by Gasteiger charge is 2.68. The Labute approximate surface area is 354 Å². The van der Waals surface area contributed by atoms with E-state index in [1.54, 1.807) is 36.4 Å². The topological polar surface area (TPSA) is 177 Å². The van der Waals surface area contributed by atoms with Gasteiger partial charge in [-0.15, -0.1) is 0 Å². The Balaban J connectivity index is 0.866. The quantitative estimate of drug-likeness (QED) is 0.294. The summed E-state index contributed by atoms with van der Waals surface area (Å²) in [4.78, 5) is 83.4. The van der Waals surface area contributed by atoms with Crippen LogP contribution in [0.1, 0.15) is 77.2 Å². The van der Waals surface area contributed by atoms with Crippen LogP contribution in [0.4, 0.5) is 11.5 Å². The van der Waals surface area contributed by atoms with Gasteiger partial charge in [-0.3, -0.25) is 43.6 Å². The number of amides is 5. The Morgan fingerprint density at radius 2 is 1.47 bits per heavy atom. The predicted molar refractivity (Wildman–Crippen MR) is 224 cm³/mol. The zero-order valence-corrected chi connectivity index (χ0v) is 35.2. The highest BCUT2D eigenvalue weighted by molar-refractivity contribution is 6.31. The van der Waals surface area contributed by atoms with Gasteiger partial charge >= 0.3 is 0 Å². The van der Waals surface area contributed by atoms with Crippen molar-refractivity contribution in [3.8, 4) is 11.8 Å². The molecule has 1 saturated carbocycles. The largest absolute Gasteiger partial charge is 0.489 e. The molecule has 2 aromatic carbocycles. The fourth-order valence-corrected chi connectivity index (χ4v) is 10.5. The zero-order chi connectivity index (χ0) is 42.7. The molecule has 1 unspecified atom stereocenters. The van der Waals surface area contributed by atoms with Gasteiger partial charge in [-0.2, -0.15) is 5.26 Å². The van der Waals surface area contributed by atoms with Crippen LogP contribution in [-0.4, -0.2) is 138 Å². The number of fused-ring (bicyclic) bond motifs is 1. The van der Waals surface area contributed by atoms with Gasteiger partial charge in [0.05, 0.1) is 33.3 Å². The number of halogens is 1. The van der Waals surface area contributed by atoms with E-state index in [1.807, 2.05) is 45.9 Å². The SMILES string of the molecule is CC1(C)C(Oc2ccc(C#N)c(Cl)c2)C(C)(C)C1N1C(=O)CCC(N2C(=O)c3ccc(N4CCN(CCN5CCN(c6ccc(C(N)=O)cn6)CC5)CC4)cc3C2=O)C1=O. The number of nitriles is 1. The van der Waals surface area contributed by atoms with Gasteiger partial charge < -0.3 is 20.3 Å². The minimum atomic E-state index is -1.11. The van der Waals surface area contributed by atoms with Crippen LogP contribution in [0.15, 0.2) is 54.7 Å². The van der Waals surface area contributed by atoms with Gasteiger partial charge in [-0.05, 0) is 48.9 Å². The van der Waals surface area contributed by atoms with Crippen molar-refractivity contribution in [1.82, 2.24) is 24.6 Å². The smallest absolute Gasteiger partial charge is 0.262 e. The fraction of sp³-hybridized carbons (Fsp3) is 0.477. The summed E-state index contributed by atoms with van der Waals surface area (Å²) in [6, 6.07) is 14.1. The number of anilines is 2. The summed E-state index contributed by atoms with van der Waals surface area (Å²) in [6.07, 6.45) is 1.17. The average molecular weight is 836 g/mol. The molecule has 314 valence electrons. The first-order valence-corrected chi connectivity index (χ1v) is 20.9. The van der Waals surface area contributed by atoms with E-state index in [-0.39, 0.29) is 34.9 Å². The molecule has 2 N–H and O–H groups in total. The maximum absolute atomic E-state index is 14.4. The lowest BCUT2D eigenvalue weighted by Gasteiger charge is -2.65. The number of benzene rings is 2. The van der Waals surface area contributed by atoms with E-state index in [2.05, 4.69) is 24.6 Å². The second kappa shape index (κ2) is 15.8. The standard InChI is InChI=1S/C44H50ClN9O6/c1-43(2)41(44(3,4)42(43)60-30-8-5-27(25-46)33(45)24-30)54-36(55)12-10-34(40(54)59)53-38(57)31-9-7-29(23-32(31)39(53)58)51-19-15-49(16-20-51)13-14-50-17-21-52(22-18-50)35-11-6-28(26-48-35)37(47)56/h5-9,11,23-24,26,34,41-42H,10,12-22H2,1-4H3,(H2,47,56). The van der Waals surface area contributed by atoms with E-state index in [0.717, 1.165) is 81.9 Å². The van der Waals surface area contributed by atoms with Crippen molar-refractivity contribution >= 4 is 52.6 Å². The van der Waals surface area contributed by atoms with Crippen molar-refractivity contribution in [2.24, 2.45) is 16.6 Å². The maximum Gasteiger partial charge on any atom is 0.262 e. The number of rotatable bonds is 10. The Morgan fingerprint density at radius 1 is 0.833 bits per heavy atom. The summed E-state index contributed by atoms with van der Waals surface area (Å²) in [7, 11) is 0. The second-order valence-electron chi connectivity index (χ2n) is 17.6. The Bertz CT molecular complexity index is 2260. The van der Waals surface area contributed by atoms with Gasteiger partial charge in [0.15, 0.2) is 0 Å². The molecule has 0 spiro atoms. The molecule has 15 nitrogen and oxygen atoms in total. The molecule has 1 aromatic heterocycles. The molecule has 4 aliphatic heterocycles. The number of ether oxygens (including phenoxy) is 1. The van der Waals surface area contributed by atoms with Crippen LogP contribution in [0, 0.1) is 22.2 Å². The lowest BCUT2D eigenvalue weighted by molar-refractivity contribution is -0.216. The molecule has 5 heterocycles. The number of carbonyl (C=O) groups is 5. The van der Waals surface area contributed by atoms with Crippen molar-refractivity contribution < 1.29 is 28.7 Å². The molecule has 0 bridgehead atoms. The summed E-state index contributed by atoms with van der Waals surface area (Å²) in [5, 5.41) is 9.55. The Morgan fingerprint density at radius 3 is 2.05 bits per heavy atom. The number of hydrogen-bond acceptors (Lipinski definition) is 12. The van der Waals surface area contributed by atoms with Gasteiger partial charge in [-0.25, -0.2) is 4.98 Å². The van der Waals surface area contributed by atoms with Crippen LogP contribution in [-0.2, 0) is 9.59 Å². The first kappa shape index (κ1) is 41.2. The molecular formula is C44H50ClN9O6. The summed E-state index contributed by atoms with van der Waals surface area (Å²) >= 11 is 6.28. The maximum atomic E-state index is 14.4. The molecule has 60 heavy (non-hydrogen) atoms. The number of piperidine rings is 1. The summed E-state index contributed by atoms with van der Waals surface area (Å²) < 4.78 is 6.40. The molecule has 3 saturated heterocycles. The van der Waals surface area contributed by atoms with Gasteiger partial charge in [0.2, 0.25) is 11.8 Å². The third-order valence-electron chi connectivity index (χ3n) is 13.2. The number of likely N-dealkylation sites (tertiary alicyclic amines) is 1. The molecule has 1 atom stereocenters. The van der Waals surface area contributed by atoms with Crippen molar-refractivity contribution in [1.29, 1.82) is 5.26 Å². The van der Waals surface area contributed by atoms with Crippen LogP contribution in [0.25, 0.3) is 0 Å². The lowest BCUT2D eigenvalue weighted by atomic mass is 9.48. The molecule has 1 aliphatic carbocycles. The highest BCUT2D eigenvalue weighted by atomic mass is 35.5. The van der Waals surface area contributed by atoms with Crippen LogP contribution in [0.5, 0.6) is 5.75 Å². The van der Waals surface area contributed by atoms with E-state index in [1.165, 1.54) is 11.1 Å². The van der Waals surface area contributed by atoms with E-state index >= 15 is 0 Å². The van der Waals surface area contributed by atoms with E-state index in [4.69, 9.17) is 22.1 Å². The van der Waals surface area contributed by atoms with Crippen molar-refractivity contribution in [3.63, 3.8) is 0 Å². The summed E-state index contributed by atoms with van der Waals surface area (Å²) in [5.41, 5.74) is 6.06. The monoisotopic (exact) mass is 835 g/mol. The van der Waals surface area contributed by atoms with Crippen LogP contribution >= 0.6 is 11.6 Å². The third-order valence-corrected chi connectivity index (χ3v) is 13.5. The lowest BCUT2D eigenvalue weighted by Crippen LogP contribution is -2.77. The molecule has 3 aromatic rings. The number of aromatic nitrogens is 1. The minimum absolute atomic E-state index is 0.0144. The second-order valence-corrected chi connectivity index (χ2v) is 18.0. The molecular weight excluding hydrogens is 786 g/mol.